The van der Waals surface area contributed by atoms with Crippen LogP contribution in [0.3, 0.4) is 0 Å². The Balaban J connectivity index is 2.89. The lowest BCUT2D eigenvalue weighted by Crippen LogP contribution is -2.44. The lowest BCUT2D eigenvalue weighted by atomic mass is 9.96. The van der Waals surface area contributed by atoms with Crippen molar-refractivity contribution in [3.05, 3.63) is 0 Å². The quantitative estimate of drug-likeness (QED) is 0.770. The van der Waals surface area contributed by atoms with Crippen LogP contribution < -0.4 is 5.32 Å². The normalized spacial score (nSPS) is 30.1. The molecule has 1 N–H and O–H groups in total. The first-order valence-corrected chi connectivity index (χ1v) is 8.35. The smallest absolute Gasteiger partial charge is 0.244 e. The fourth-order valence-corrected chi connectivity index (χ4v) is 3.17. The highest BCUT2D eigenvalue weighted by molar-refractivity contribution is 5.88. The number of nitrogens with one attached hydrogen (secondary N) is 1. The van der Waals surface area contributed by atoms with Crippen molar-refractivity contribution in [2.24, 2.45) is 11.8 Å². The van der Waals surface area contributed by atoms with Crippen LogP contribution in [-0.2, 0) is 4.79 Å². The average molecular weight is 282 g/mol. The predicted octanol–water partition coefficient (Wildman–Crippen LogP) is 3.78. The molecule has 3 nitrogen and oxygen atoms in total. The lowest BCUT2D eigenvalue weighted by molar-refractivity contribution is -0.135. The van der Waals surface area contributed by atoms with Crippen molar-refractivity contribution in [1.29, 1.82) is 0 Å². The van der Waals surface area contributed by atoms with Gasteiger partial charge in [0.1, 0.15) is 0 Å². The third-order valence-electron chi connectivity index (χ3n) is 4.84. The largest absolute Gasteiger partial charge is 0.323 e. The number of nitrogens with zero attached hydrogens (tertiary/aromatic N) is 1. The Morgan fingerprint density at radius 2 is 1.85 bits per heavy atom. The van der Waals surface area contributed by atoms with Gasteiger partial charge < -0.3 is 4.90 Å². The highest BCUT2D eigenvalue weighted by Gasteiger charge is 2.48. The number of hydrogen-bond acceptors (Lipinski definition) is 2. The summed E-state index contributed by atoms with van der Waals surface area (Å²) >= 11 is 0. The molecule has 0 spiro atoms. The van der Waals surface area contributed by atoms with Gasteiger partial charge in [-0.25, -0.2) is 0 Å². The first kappa shape index (κ1) is 17.5. The summed E-state index contributed by atoms with van der Waals surface area (Å²) in [4.78, 5) is 15.0. The monoisotopic (exact) mass is 282 g/mol. The second-order valence-corrected chi connectivity index (χ2v) is 7.29. The van der Waals surface area contributed by atoms with E-state index in [1.54, 1.807) is 0 Å². The lowest BCUT2D eigenvalue weighted by Gasteiger charge is -2.32. The molecule has 0 aromatic heterocycles. The number of rotatable bonds is 7. The molecule has 0 radical (unpaired) electrons. The molecule has 1 heterocycles. The van der Waals surface area contributed by atoms with Crippen LogP contribution in [0.4, 0.5) is 0 Å². The van der Waals surface area contributed by atoms with Crippen LogP contribution in [0.5, 0.6) is 0 Å². The van der Waals surface area contributed by atoms with E-state index >= 15 is 0 Å². The van der Waals surface area contributed by atoms with Gasteiger partial charge in [-0.2, -0.15) is 0 Å². The Hall–Kier alpha value is -0.570. The first-order valence-electron chi connectivity index (χ1n) is 8.35. The van der Waals surface area contributed by atoms with E-state index in [9.17, 15) is 4.79 Å². The molecule has 1 fully saturated rings. The van der Waals surface area contributed by atoms with Gasteiger partial charge in [-0.15, -0.1) is 0 Å². The van der Waals surface area contributed by atoms with E-state index in [0.717, 1.165) is 19.3 Å². The maximum Gasteiger partial charge on any atom is 0.244 e. The highest BCUT2D eigenvalue weighted by Crippen LogP contribution is 2.30. The van der Waals surface area contributed by atoms with E-state index in [2.05, 4.69) is 58.7 Å². The van der Waals surface area contributed by atoms with Crippen molar-refractivity contribution in [2.75, 3.05) is 0 Å². The molecule has 4 atom stereocenters. The van der Waals surface area contributed by atoms with Crippen LogP contribution in [0.25, 0.3) is 0 Å². The maximum atomic E-state index is 12.8. The summed E-state index contributed by atoms with van der Waals surface area (Å²) < 4.78 is 0. The summed E-state index contributed by atoms with van der Waals surface area (Å²) in [5, 5.41) is 3.60. The summed E-state index contributed by atoms with van der Waals surface area (Å²) in [7, 11) is 0. The van der Waals surface area contributed by atoms with Gasteiger partial charge in [0.15, 0.2) is 0 Å². The fraction of sp³-hybridized carbons (Fsp3) is 0.941. The van der Waals surface area contributed by atoms with Crippen molar-refractivity contribution in [2.45, 2.75) is 91.9 Å². The van der Waals surface area contributed by atoms with Gasteiger partial charge in [0, 0.05) is 6.04 Å². The van der Waals surface area contributed by atoms with Gasteiger partial charge in [0.2, 0.25) is 5.91 Å². The molecule has 118 valence electrons. The first-order chi connectivity index (χ1) is 9.25. The minimum absolute atomic E-state index is 0.200. The third kappa shape index (κ3) is 3.75. The Morgan fingerprint density at radius 1 is 1.25 bits per heavy atom. The predicted molar refractivity (Wildman–Crippen MR) is 85.5 cm³/mol. The molecule has 0 bridgehead atoms. The van der Waals surface area contributed by atoms with Crippen molar-refractivity contribution >= 4 is 5.91 Å². The Labute approximate surface area is 125 Å². The van der Waals surface area contributed by atoms with Gasteiger partial charge in [-0.05, 0) is 44.9 Å². The van der Waals surface area contributed by atoms with E-state index < -0.39 is 0 Å². The van der Waals surface area contributed by atoms with Crippen molar-refractivity contribution in [3.8, 4) is 0 Å². The summed E-state index contributed by atoms with van der Waals surface area (Å²) in [6, 6.07) is 0.321. The van der Waals surface area contributed by atoms with Crippen molar-refractivity contribution < 1.29 is 4.79 Å². The zero-order chi connectivity index (χ0) is 15.5. The molecule has 3 heteroatoms. The van der Waals surface area contributed by atoms with Crippen molar-refractivity contribution in [1.82, 2.24) is 10.2 Å². The van der Waals surface area contributed by atoms with Crippen LogP contribution >= 0.6 is 0 Å². The molecule has 0 saturated carbocycles. The van der Waals surface area contributed by atoms with E-state index in [-0.39, 0.29) is 11.7 Å². The SMILES string of the molecule is CCC(C)CC(C)N1C(=O)C(C)(CC)NC1CC(C)C. The Bertz CT molecular complexity index is 329. The van der Waals surface area contributed by atoms with E-state index in [1.807, 2.05) is 0 Å². The Morgan fingerprint density at radius 3 is 2.30 bits per heavy atom. The van der Waals surface area contributed by atoms with Crippen molar-refractivity contribution in [3.63, 3.8) is 0 Å². The van der Waals surface area contributed by atoms with Gasteiger partial charge in [-0.3, -0.25) is 10.1 Å². The molecule has 1 amide bonds. The molecular formula is C17H34N2O. The summed E-state index contributed by atoms with van der Waals surface area (Å²) in [6.45, 7) is 15.3. The summed E-state index contributed by atoms with van der Waals surface area (Å²) in [5.74, 6) is 1.56. The molecule has 1 aliphatic rings. The molecule has 1 rings (SSSR count). The summed E-state index contributed by atoms with van der Waals surface area (Å²) in [6.07, 6.45) is 4.36. The number of carbonyl (C=O) groups is 1. The molecule has 0 aliphatic carbocycles. The van der Waals surface area contributed by atoms with Crippen LogP contribution in [-0.4, -0.2) is 28.6 Å². The average Bonchev–Trinajstić information content (AvgIpc) is 2.61. The molecular weight excluding hydrogens is 248 g/mol. The standard InChI is InChI=1S/C17H34N2O/c1-8-13(5)11-14(6)19-15(10-12(3)4)18-17(7,9-2)16(19)20/h12-15,18H,8-11H2,1-7H3. The molecule has 0 aromatic carbocycles. The Kier molecular flexibility index (Phi) is 6.06. The minimum Gasteiger partial charge on any atom is -0.323 e. The van der Waals surface area contributed by atoms with Gasteiger partial charge in [0.05, 0.1) is 11.7 Å². The van der Waals surface area contributed by atoms with Crippen LogP contribution in [0.2, 0.25) is 0 Å². The van der Waals surface area contributed by atoms with Gasteiger partial charge in [0.25, 0.3) is 0 Å². The summed E-state index contributed by atoms with van der Waals surface area (Å²) in [5.41, 5.74) is -0.372. The zero-order valence-electron chi connectivity index (χ0n) is 14.5. The molecule has 20 heavy (non-hydrogen) atoms. The maximum absolute atomic E-state index is 12.8. The second kappa shape index (κ2) is 6.93. The fourth-order valence-electron chi connectivity index (χ4n) is 3.17. The molecule has 1 saturated heterocycles. The second-order valence-electron chi connectivity index (χ2n) is 7.29. The number of hydrogen-bond donors (Lipinski definition) is 1. The van der Waals surface area contributed by atoms with E-state index in [1.165, 1.54) is 6.42 Å². The van der Waals surface area contributed by atoms with Gasteiger partial charge >= 0.3 is 0 Å². The topological polar surface area (TPSA) is 32.3 Å². The zero-order valence-corrected chi connectivity index (χ0v) is 14.5. The van der Waals surface area contributed by atoms with Gasteiger partial charge in [-0.1, -0.05) is 41.0 Å². The minimum atomic E-state index is -0.372. The molecule has 1 aliphatic heterocycles. The van der Waals surface area contributed by atoms with Crippen LogP contribution in [0, 0.1) is 11.8 Å². The number of amides is 1. The number of carbonyl (C=O) groups excluding carboxylic acids is 1. The van der Waals surface area contributed by atoms with E-state index in [4.69, 9.17) is 0 Å². The van der Waals surface area contributed by atoms with E-state index in [0.29, 0.717) is 23.8 Å². The molecule has 0 aromatic rings. The highest BCUT2D eigenvalue weighted by atomic mass is 16.2. The van der Waals surface area contributed by atoms with Crippen LogP contribution in [0.15, 0.2) is 0 Å². The van der Waals surface area contributed by atoms with Crippen LogP contribution in [0.1, 0.15) is 74.1 Å². The molecule has 4 unspecified atom stereocenters. The third-order valence-corrected chi connectivity index (χ3v) is 4.84.